The Morgan fingerprint density at radius 2 is 1.52 bits per heavy atom. The van der Waals surface area contributed by atoms with Crippen molar-refractivity contribution in [3.8, 4) is 5.75 Å². The Bertz CT molecular complexity index is 971. The van der Waals surface area contributed by atoms with Crippen LogP contribution in [0.1, 0.15) is 30.0 Å². The van der Waals surface area contributed by atoms with E-state index in [2.05, 4.69) is 6.58 Å². The summed E-state index contributed by atoms with van der Waals surface area (Å²) >= 11 is 0. The van der Waals surface area contributed by atoms with Crippen LogP contribution in [0.15, 0.2) is 73.3 Å². The largest absolute Gasteiger partial charge is 0.494 e. The molecule has 3 rings (SSSR count). The molecule has 0 spiro atoms. The molecule has 0 unspecified atom stereocenters. The Hall–Kier alpha value is -2.94. The Balaban J connectivity index is 1.89. The van der Waals surface area contributed by atoms with E-state index in [-0.39, 0.29) is 11.1 Å². The molecule has 3 aromatic rings. The minimum absolute atomic E-state index is 0.222. The third kappa shape index (κ3) is 4.43. The van der Waals surface area contributed by atoms with Gasteiger partial charge in [-0.25, -0.2) is 8.78 Å². The average molecular weight is 364 g/mol. The molecule has 27 heavy (non-hydrogen) atoms. The number of rotatable bonds is 7. The molecule has 0 bridgehead atoms. The van der Waals surface area contributed by atoms with E-state index in [1.54, 1.807) is 30.3 Å². The van der Waals surface area contributed by atoms with Crippen LogP contribution in [0.25, 0.3) is 22.4 Å². The van der Waals surface area contributed by atoms with Crippen LogP contribution >= 0.6 is 0 Å². The van der Waals surface area contributed by atoms with E-state index in [4.69, 9.17) is 4.74 Å². The zero-order valence-corrected chi connectivity index (χ0v) is 15.3. The van der Waals surface area contributed by atoms with Crippen molar-refractivity contribution in [3.05, 3.63) is 90.0 Å². The van der Waals surface area contributed by atoms with Crippen molar-refractivity contribution < 1.29 is 13.5 Å². The van der Waals surface area contributed by atoms with Crippen molar-refractivity contribution in [2.24, 2.45) is 0 Å². The molecule has 0 atom stereocenters. The van der Waals surface area contributed by atoms with Gasteiger partial charge in [-0.15, -0.1) is 6.58 Å². The Labute approximate surface area is 158 Å². The van der Waals surface area contributed by atoms with Crippen LogP contribution in [0.4, 0.5) is 8.78 Å². The standard InChI is InChI=1S/C24H22F2O/c1-3-5-6-17-7-9-18(10-8-17)23(25)24(26)21-12-11-20-16-22(27-4-2)14-13-19(20)15-21/h3,7-16H,1,4-6H2,2H3. The van der Waals surface area contributed by atoms with Crippen molar-refractivity contribution in [2.45, 2.75) is 19.8 Å². The second kappa shape index (κ2) is 8.63. The Kier molecular flexibility index (Phi) is 6.02. The van der Waals surface area contributed by atoms with Gasteiger partial charge in [0, 0.05) is 11.1 Å². The lowest BCUT2D eigenvalue weighted by Crippen LogP contribution is -1.91. The molecule has 0 heterocycles. The molecule has 0 saturated carbocycles. The van der Waals surface area contributed by atoms with Crippen LogP contribution < -0.4 is 4.74 Å². The highest BCUT2D eigenvalue weighted by atomic mass is 19.2. The quantitative estimate of drug-likeness (QED) is 0.320. The monoisotopic (exact) mass is 364 g/mol. The molecule has 0 amide bonds. The first-order valence-corrected chi connectivity index (χ1v) is 9.05. The maximum absolute atomic E-state index is 14.7. The number of aryl methyl sites for hydroxylation is 1. The van der Waals surface area contributed by atoms with Gasteiger partial charge in [0.2, 0.25) is 0 Å². The number of ether oxygens (including phenoxy) is 1. The summed E-state index contributed by atoms with van der Waals surface area (Å²) in [5.74, 6) is -0.948. The number of halogens is 2. The lowest BCUT2D eigenvalue weighted by molar-refractivity contribution is 0.341. The van der Waals surface area contributed by atoms with E-state index in [9.17, 15) is 8.78 Å². The summed E-state index contributed by atoms with van der Waals surface area (Å²) in [6.45, 7) is 6.19. The SMILES string of the molecule is C=CCCc1ccc(C(F)=C(F)c2ccc3cc(OCC)ccc3c2)cc1. The van der Waals surface area contributed by atoms with Crippen molar-refractivity contribution in [1.82, 2.24) is 0 Å². The number of fused-ring (bicyclic) bond motifs is 1. The predicted molar refractivity (Wildman–Crippen MR) is 109 cm³/mol. The highest BCUT2D eigenvalue weighted by Gasteiger charge is 2.12. The summed E-state index contributed by atoms with van der Waals surface area (Å²) in [6, 6.07) is 17.5. The van der Waals surface area contributed by atoms with E-state index in [0.29, 0.717) is 6.61 Å². The summed E-state index contributed by atoms with van der Waals surface area (Å²) in [5.41, 5.74) is 1.53. The molecular formula is C24H22F2O. The summed E-state index contributed by atoms with van der Waals surface area (Å²) < 4.78 is 34.8. The lowest BCUT2D eigenvalue weighted by Gasteiger charge is -2.07. The van der Waals surface area contributed by atoms with Crippen molar-refractivity contribution >= 4 is 22.4 Å². The Morgan fingerprint density at radius 3 is 2.22 bits per heavy atom. The maximum Gasteiger partial charge on any atom is 0.166 e. The van der Waals surface area contributed by atoms with Crippen molar-refractivity contribution in [2.75, 3.05) is 6.61 Å². The van der Waals surface area contributed by atoms with Gasteiger partial charge in [0.1, 0.15) is 5.75 Å². The molecule has 0 aliphatic heterocycles. The molecule has 0 aliphatic rings. The van der Waals surface area contributed by atoms with E-state index in [0.717, 1.165) is 34.9 Å². The summed E-state index contributed by atoms with van der Waals surface area (Å²) in [5, 5.41) is 1.75. The fraction of sp³-hybridized carbons (Fsp3) is 0.167. The fourth-order valence-corrected chi connectivity index (χ4v) is 2.96. The van der Waals surface area contributed by atoms with E-state index in [1.165, 1.54) is 0 Å². The summed E-state index contributed by atoms with van der Waals surface area (Å²) in [6.07, 6.45) is 3.53. The van der Waals surface area contributed by atoms with Gasteiger partial charge in [0.25, 0.3) is 0 Å². The van der Waals surface area contributed by atoms with E-state index in [1.807, 2.05) is 43.3 Å². The zero-order chi connectivity index (χ0) is 19.2. The van der Waals surface area contributed by atoms with Crippen LogP contribution in [0.5, 0.6) is 5.75 Å². The van der Waals surface area contributed by atoms with Crippen LogP contribution in [-0.4, -0.2) is 6.61 Å². The maximum atomic E-state index is 14.7. The Morgan fingerprint density at radius 1 is 0.889 bits per heavy atom. The van der Waals surface area contributed by atoms with Gasteiger partial charge in [0.05, 0.1) is 6.61 Å². The molecule has 1 nitrogen and oxygen atoms in total. The minimum atomic E-state index is -0.857. The third-order valence-electron chi connectivity index (χ3n) is 4.41. The average Bonchev–Trinajstić information content (AvgIpc) is 2.71. The molecule has 3 heteroatoms. The number of hydrogen-bond donors (Lipinski definition) is 0. The second-order valence-corrected chi connectivity index (χ2v) is 6.31. The number of hydrogen-bond acceptors (Lipinski definition) is 1. The van der Waals surface area contributed by atoms with Crippen LogP contribution in [0, 0.1) is 0 Å². The number of benzene rings is 3. The van der Waals surface area contributed by atoms with Gasteiger partial charge >= 0.3 is 0 Å². The van der Waals surface area contributed by atoms with Crippen molar-refractivity contribution in [3.63, 3.8) is 0 Å². The van der Waals surface area contributed by atoms with Gasteiger partial charge in [-0.3, -0.25) is 0 Å². The van der Waals surface area contributed by atoms with Gasteiger partial charge in [-0.05, 0) is 54.3 Å². The molecule has 0 aromatic heterocycles. The second-order valence-electron chi connectivity index (χ2n) is 6.31. The molecule has 3 aromatic carbocycles. The first-order chi connectivity index (χ1) is 13.1. The van der Waals surface area contributed by atoms with Gasteiger partial charge in [-0.2, -0.15) is 0 Å². The molecule has 0 N–H and O–H groups in total. The van der Waals surface area contributed by atoms with Gasteiger partial charge < -0.3 is 4.74 Å². The first kappa shape index (κ1) is 18.8. The highest BCUT2D eigenvalue weighted by molar-refractivity contribution is 5.90. The van der Waals surface area contributed by atoms with Gasteiger partial charge in [0.15, 0.2) is 11.7 Å². The normalized spacial score (nSPS) is 12.0. The molecule has 138 valence electrons. The topological polar surface area (TPSA) is 9.23 Å². The number of allylic oxidation sites excluding steroid dienone is 1. The van der Waals surface area contributed by atoms with E-state index >= 15 is 0 Å². The molecular weight excluding hydrogens is 342 g/mol. The minimum Gasteiger partial charge on any atom is -0.494 e. The lowest BCUT2D eigenvalue weighted by atomic mass is 10.0. The fourth-order valence-electron chi connectivity index (χ4n) is 2.96. The van der Waals surface area contributed by atoms with Crippen LogP contribution in [0.3, 0.4) is 0 Å². The molecule has 0 radical (unpaired) electrons. The summed E-state index contributed by atoms with van der Waals surface area (Å²) in [4.78, 5) is 0. The first-order valence-electron chi connectivity index (χ1n) is 9.05. The van der Waals surface area contributed by atoms with Gasteiger partial charge in [-0.1, -0.05) is 48.5 Å². The third-order valence-corrected chi connectivity index (χ3v) is 4.41. The van der Waals surface area contributed by atoms with Crippen LogP contribution in [0.2, 0.25) is 0 Å². The molecule has 0 aliphatic carbocycles. The summed E-state index contributed by atoms with van der Waals surface area (Å²) in [7, 11) is 0. The highest BCUT2D eigenvalue weighted by Crippen LogP contribution is 2.31. The zero-order valence-electron chi connectivity index (χ0n) is 15.3. The smallest absolute Gasteiger partial charge is 0.166 e. The van der Waals surface area contributed by atoms with Crippen molar-refractivity contribution in [1.29, 1.82) is 0 Å². The molecule has 0 saturated heterocycles. The van der Waals surface area contributed by atoms with Crippen LogP contribution in [-0.2, 0) is 6.42 Å². The molecule has 0 fully saturated rings. The predicted octanol–water partition coefficient (Wildman–Crippen LogP) is 7.12. The van der Waals surface area contributed by atoms with E-state index < -0.39 is 11.7 Å².